The SMILES string of the molecule is Cc1cc(NC(=O)C2CCN(C(=O)[C@H](C)S(C)(=O)=O)CC2)no1. The summed E-state index contributed by atoms with van der Waals surface area (Å²) in [5.74, 6) is 0.178. The molecule has 0 aliphatic carbocycles. The summed E-state index contributed by atoms with van der Waals surface area (Å²) in [7, 11) is -3.41. The first-order valence-electron chi connectivity index (χ1n) is 7.40. The van der Waals surface area contributed by atoms with Gasteiger partial charge in [-0.15, -0.1) is 0 Å². The molecule has 8 nitrogen and oxygen atoms in total. The van der Waals surface area contributed by atoms with Crippen molar-refractivity contribution in [1.82, 2.24) is 10.1 Å². The topological polar surface area (TPSA) is 110 Å². The lowest BCUT2D eigenvalue weighted by molar-refractivity contribution is -0.133. The Kier molecular flexibility index (Phi) is 5.08. The minimum atomic E-state index is -3.41. The normalized spacial score (nSPS) is 17.8. The second-order valence-electron chi connectivity index (χ2n) is 5.88. The number of nitrogens with zero attached hydrogens (tertiary/aromatic N) is 2. The number of hydrogen-bond donors (Lipinski definition) is 1. The molecule has 2 heterocycles. The summed E-state index contributed by atoms with van der Waals surface area (Å²) < 4.78 is 27.8. The molecule has 9 heteroatoms. The highest BCUT2D eigenvalue weighted by atomic mass is 32.2. The van der Waals surface area contributed by atoms with Crippen LogP contribution in [0.25, 0.3) is 0 Å². The van der Waals surface area contributed by atoms with Crippen LogP contribution in [0.3, 0.4) is 0 Å². The van der Waals surface area contributed by atoms with Gasteiger partial charge >= 0.3 is 0 Å². The van der Waals surface area contributed by atoms with E-state index in [0.29, 0.717) is 37.5 Å². The Hall–Kier alpha value is -1.90. The Labute approximate surface area is 135 Å². The average molecular weight is 343 g/mol. The van der Waals surface area contributed by atoms with Crippen LogP contribution in [0.2, 0.25) is 0 Å². The molecule has 0 spiro atoms. The van der Waals surface area contributed by atoms with E-state index in [1.165, 1.54) is 11.8 Å². The first kappa shape index (κ1) is 17.5. The molecule has 1 N–H and O–H groups in total. The number of sulfone groups is 1. The first-order chi connectivity index (χ1) is 10.7. The van der Waals surface area contributed by atoms with E-state index in [0.717, 1.165) is 6.26 Å². The highest BCUT2D eigenvalue weighted by molar-refractivity contribution is 7.92. The molecule has 1 aliphatic rings. The molecule has 2 amide bonds. The second kappa shape index (κ2) is 6.69. The van der Waals surface area contributed by atoms with Crippen LogP contribution in [0.5, 0.6) is 0 Å². The van der Waals surface area contributed by atoms with Gasteiger partial charge in [-0.1, -0.05) is 5.16 Å². The molecule has 0 radical (unpaired) electrons. The third-order valence-electron chi connectivity index (χ3n) is 4.05. The molecule has 23 heavy (non-hydrogen) atoms. The van der Waals surface area contributed by atoms with E-state index in [1.54, 1.807) is 13.0 Å². The fraction of sp³-hybridized carbons (Fsp3) is 0.643. The number of likely N-dealkylation sites (tertiary alicyclic amines) is 1. The molecule has 1 saturated heterocycles. The van der Waals surface area contributed by atoms with Gasteiger partial charge in [0.1, 0.15) is 11.0 Å². The lowest BCUT2D eigenvalue weighted by Gasteiger charge is -2.32. The van der Waals surface area contributed by atoms with Crippen molar-refractivity contribution < 1.29 is 22.5 Å². The number of amides is 2. The Morgan fingerprint density at radius 2 is 2.00 bits per heavy atom. The molecular weight excluding hydrogens is 322 g/mol. The van der Waals surface area contributed by atoms with E-state index < -0.39 is 21.0 Å². The zero-order valence-electron chi connectivity index (χ0n) is 13.4. The molecular formula is C14H21N3O5S. The maximum absolute atomic E-state index is 12.2. The zero-order valence-corrected chi connectivity index (χ0v) is 14.2. The average Bonchev–Trinajstić information content (AvgIpc) is 2.90. The van der Waals surface area contributed by atoms with Gasteiger partial charge in [0.15, 0.2) is 15.7 Å². The quantitative estimate of drug-likeness (QED) is 0.857. The van der Waals surface area contributed by atoms with E-state index in [-0.39, 0.29) is 11.8 Å². The smallest absolute Gasteiger partial charge is 0.240 e. The van der Waals surface area contributed by atoms with Crippen molar-refractivity contribution in [1.29, 1.82) is 0 Å². The molecule has 1 aromatic rings. The molecule has 0 saturated carbocycles. The lowest BCUT2D eigenvalue weighted by Crippen LogP contribution is -2.46. The summed E-state index contributed by atoms with van der Waals surface area (Å²) in [6.45, 7) is 3.86. The molecule has 0 unspecified atom stereocenters. The van der Waals surface area contributed by atoms with Gasteiger partial charge in [0.2, 0.25) is 11.8 Å². The number of nitrogens with one attached hydrogen (secondary N) is 1. The number of rotatable bonds is 4. The number of carbonyl (C=O) groups is 2. The summed E-state index contributed by atoms with van der Waals surface area (Å²) in [5, 5.41) is 5.34. The molecule has 128 valence electrons. The number of anilines is 1. The van der Waals surface area contributed by atoms with Gasteiger partial charge in [0.25, 0.3) is 0 Å². The fourth-order valence-electron chi connectivity index (χ4n) is 2.46. The van der Waals surface area contributed by atoms with Crippen molar-refractivity contribution in [2.75, 3.05) is 24.7 Å². The van der Waals surface area contributed by atoms with Crippen molar-refractivity contribution in [3.05, 3.63) is 11.8 Å². The summed E-state index contributed by atoms with van der Waals surface area (Å²) in [6.07, 6.45) is 2.03. The van der Waals surface area contributed by atoms with Gasteiger partial charge in [-0.25, -0.2) is 8.42 Å². The number of aryl methyl sites for hydroxylation is 1. The number of aromatic nitrogens is 1. The third-order valence-corrected chi connectivity index (χ3v) is 5.53. The Balaban J connectivity index is 1.88. The van der Waals surface area contributed by atoms with Crippen molar-refractivity contribution in [3.8, 4) is 0 Å². The van der Waals surface area contributed by atoms with Crippen LogP contribution in [0.4, 0.5) is 5.82 Å². The predicted molar refractivity (Wildman–Crippen MR) is 83.5 cm³/mol. The maximum atomic E-state index is 12.2. The minimum Gasteiger partial charge on any atom is -0.360 e. The molecule has 1 atom stereocenters. The molecule has 0 aromatic carbocycles. The minimum absolute atomic E-state index is 0.165. The van der Waals surface area contributed by atoms with Gasteiger partial charge in [-0.05, 0) is 26.7 Å². The fourth-order valence-corrected chi connectivity index (χ4v) is 2.97. The highest BCUT2D eigenvalue weighted by Crippen LogP contribution is 2.21. The van der Waals surface area contributed by atoms with Crippen LogP contribution < -0.4 is 5.32 Å². The van der Waals surface area contributed by atoms with E-state index in [9.17, 15) is 18.0 Å². The maximum Gasteiger partial charge on any atom is 0.240 e. The van der Waals surface area contributed by atoms with Crippen molar-refractivity contribution in [3.63, 3.8) is 0 Å². The predicted octanol–water partition coefficient (Wildman–Crippen LogP) is 0.593. The molecule has 0 bridgehead atoms. The summed E-state index contributed by atoms with van der Waals surface area (Å²) in [5.41, 5.74) is 0. The summed E-state index contributed by atoms with van der Waals surface area (Å²) in [6, 6.07) is 1.63. The Morgan fingerprint density at radius 1 is 1.39 bits per heavy atom. The van der Waals surface area contributed by atoms with Gasteiger partial charge in [0, 0.05) is 31.3 Å². The zero-order chi connectivity index (χ0) is 17.2. The first-order valence-corrected chi connectivity index (χ1v) is 9.36. The standard InChI is InChI=1S/C14H21N3O5S/c1-9-8-12(16-22-9)15-13(18)11-4-6-17(7-5-11)14(19)10(2)23(3,20)21/h8,10-11H,4-7H2,1-3H3,(H,15,16,18)/t10-/m0/s1. The molecule has 1 fully saturated rings. The van der Waals surface area contributed by atoms with Gasteiger partial charge in [0.05, 0.1) is 0 Å². The second-order valence-corrected chi connectivity index (χ2v) is 8.25. The van der Waals surface area contributed by atoms with Crippen molar-refractivity contribution in [2.45, 2.75) is 31.9 Å². The van der Waals surface area contributed by atoms with Crippen molar-refractivity contribution >= 4 is 27.5 Å². The molecule has 2 rings (SSSR count). The van der Waals surface area contributed by atoms with Gasteiger partial charge in [-0.3, -0.25) is 9.59 Å². The summed E-state index contributed by atoms with van der Waals surface area (Å²) >= 11 is 0. The molecule has 1 aromatic heterocycles. The van der Waals surface area contributed by atoms with Gasteiger partial charge in [-0.2, -0.15) is 0 Å². The monoisotopic (exact) mass is 343 g/mol. The Morgan fingerprint density at radius 3 is 2.48 bits per heavy atom. The van der Waals surface area contributed by atoms with Crippen LogP contribution in [-0.4, -0.2) is 54.9 Å². The third kappa shape index (κ3) is 4.31. The number of hydrogen-bond acceptors (Lipinski definition) is 6. The van der Waals surface area contributed by atoms with E-state index in [2.05, 4.69) is 10.5 Å². The van der Waals surface area contributed by atoms with Crippen LogP contribution in [0, 0.1) is 12.8 Å². The lowest BCUT2D eigenvalue weighted by atomic mass is 9.95. The van der Waals surface area contributed by atoms with Crippen LogP contribution >= 0.6 is 0 Å². The number of piperidine rings is 1. The van der Waals surface area contributed by atoms with Crippen molar-refractivity contribution in [2.24, 2.45) is 5.92 Å². The van der Waals surface area contributed by atoms with Crippen LogP contribution in [0.15, 0.2) is 10.6 Å². The van der Waals surface area contributed by atoms with Gasteiger partial charge < -0.3 is 14.7 Å². The van der Waals surface area contributed by atoms with Crippen LogP contribution in [-0.2, 0) is 19.4 Å². The Bertz CT molecular complexity index is 689. The van der Waals surface area contributed by atoms with E-state index >= 15 is 0 Å². The van der Waals surface area contributed by atoms with E-state index in [1.807, 2.05) is 0 Å². The highest BCUT2D eigenvalue weighted by Gasteiger charge is 2.32. The van der Waals surface area contributed by atoms with E-state index in [4.69, 9.17) is 4.52 Å². The molecule has 1 aliphatic heterocycles. The summed E-state index contributed by atoms with van der Waals surface area (Å²) in [4.78, 5) is 25.8. The number of carbonyl (C=O) groups excluding carboxylic acids is 2. The largest absolute Gasteiger partial charge is 0.360 e. The van der Waals surface area contributed by atoms with Crippen LogP contribution in [0.1, 0.15) is 25.5 Å².